The average Bonchev–Trinajstić information content (AvgIpc) is 2.61. The van der Waals surface area contributed by atoms with Crippen molar-refractivity contribution in [3.8, 4) is 5.75 Å². The highest BCUT2D eigenvalue weighted by atomic mass is 35.5. The molecule has 0 aliphatic heterocycles. The van der Waals surface area contributed by atoms with Crippen LogP contribution in [0.3, 0.4) is 0 Å². The Kier molecular flexibility index (Phi) is 6.96. The molecule has 9 heteroatoms. The number of rotatable bonds is 8. The van der Waals surface area contributed by atoms with Crippen molar-refractivity contribution in [3.63, 3.8) is 0 Å². The number of benzene rings is 1. The van der Waals surface area contributed by atoms with Gasteiger partial charge in [-0.3, -0.25) is 9.78 Å². The summed E-state index contributed by atoms with van der Waals surface area (Å²) in [6.45, 7) is 2.14. The smallest absolute Gasteiger partial charge is 0.240 e. The number of nitrogens with one attached hydrogen (secondary N) is 1. The molecule has 0 radical (unpaired) electrons. The van der Waals surface area contributed by atoms with Gasteiger partial charge < -0.3 is 9.64 Å². The summed E-state index contributed by atoms with van der Waals surface area (Å²) < 4.78 is 32.2. The molecule has 1 aromatic heterocycles. The van der Waals surface area contributed by atoms with Crippen LogP contribution >= 0.6 is 11.6 Å². The zero-order valence-electron chi connectivity index (χ0n) is 14.5. The second-order valence-corrected chi connectivity index (χ2v) is 7.66. The van der Waals surface area contributed by atoms with E-state index < -0.39 is 10.0 Å². The fourth-order valence-corrected chi connectivity index (χ4v) is 3.64. The lowest BCUT2D eigenvalue weighted by atomic mass is 10.2. The highest BCUT2D eigenvalue weighted by Gasteiger charge is 2.17. The molecular weight excluding hydrogens is 378 g/mol. The monoisotopic (exact) mass is 397 g/mol. The van der Waals surface area contributed by atoms with E-state index in [2.05, 4.69) is 9.71 Å². The van der Waals surface area contributed by atoms with Gasteiger partial charge in [0, 0.05) is 39.0 Å². The van der Waals surface area contributed by atoms with E-state index in [1.165, 1.54) is 32.2 Å². The van der Waals surface area contributed by atoms with Gasteiger partial charge in [-0.25, -0.2) is 13.1 Å². The number of sulfonamides is 1. The largest absolute Gasteiger partial charge is 0.495 e. The zero-order valence-corrected chi connectivity index (χ0v) is 16.0. The van der Waals surface area contributed by atoms with Crippen molar-refractivity contribution in [1.29, 1.82) is 0 Å². The Morgan fingerprint density at radius 3 is 2.54 bits per heavy atom. The molecule has 2 rings (SSSR count). The van der Waals surface area contributed by atoms with Crippen molar-refractivity contribution in [2.24, 2.45) is 0 Å². The number of pyridine rings is 1. The van der Waals surface area contributed by atoms with Crippen LogP contribution in [0, 0.1) is 0 Å². The molecule has 0 aliphatic carbocycles. The van der Waals surface area contributed by atoms with Crippen molar-refractivity contribution in [1.82, 2.24) is 14.6 Å². The number of methoxy groups -OCH3 is 1. The number of aromatic nitrogens is 1. The first-order valence-corrected chi connectivity index (χ1v) is 9.67. The molecule has 140 valence electrons. The lowest BCUT2D eigenvalue weighted by Crippen LogP contribution is -2.37. The second kappa shape index (κ2) is 8.98. The lowest BCUT2D eigenvalue weighted by molar-refractivity contribution is -0.129. The predicted octanol–water partition coefficient (Wildman–Crippen LogP) is 2.07. The molecule has 1 heterocycles. The quantitative estimate of drug-likeness (QED) is 0.736. The van der Waals surface area contributed by atoms with E-state index in [9.17, 15) is 13.2 Å². The number of amides is 1. The van der Waals surface area contributed by atoms with E-state index in [4.69, 9.17) is 16.3 Å². The molecule has 0 fully saturated rings. The number of carbonyl (C=O) groups is 1. The van der Waals surface area contributed by atoms with Gasteiger partial charge in [-0.15, -0.1) is 0 Å². The number of ether oxygens (including phenoxy) is 1. The Labute approximate surface area is 158 Å². The van der Waals surface area contributed by atoms with Crippen LogP contribution in [0.4, 0.5) is 0 Å². The molecule has 0 aliphatic rings. The van der Waals surface area contributed by atoms with Gasteiger partial charge in [-0.2, -0.15) is 0 Å². The normalized spacial score (nSPS) is 11.2. The highest BCUT2D eigenvalue weighted by molar-refractivity contribution is 7.89. The van der Waals surface area contributed by atoms with Crippen molar-refractivity contribution in [2.45, 2.75) is 18.4 Å². The summed E-state index contributed by atoms with van der Waals surface area (Å²) in [5, 5.41) is 0.207. The Hall–Kier alpha value is -2.16. The molecule has 1 aromatic carbocycles. The van der Waals surface area contributed by atoms with E-state index in [-0.39, 0.29) is 28.9 Å². The Morgan fingerprint density at radius 1 is 1.27 bits per heavy atom. The minimum absolute atomic E-state index is 0.0341. The van der Waals surface area contributed by atoms with Crippen molar-refractivity contribution < 1.29 is 17.9 Å². The Morgan fingerprint density at radius 2 is 1.96 bits per heavy atom. The Bertz CT molecular complexity index is 860. The van der Waals surface area contributed by atoms with Crippen LogP contribution in [0.2, 0.25) is 5.02 Å². The molecule has 0 bridgehead atoms. The van der Waals surface area contributed by atoms with E-state index >= 15 is 0 Å². The summed E-state index contributed by atoms with van der Waals surface area (Å²) >= 11 is 5.98. The topological polar surface area (TPSA) is 88.6 Å². The molecule has 0 saturated carbocycles. The SMILES string of the molecule is COc1ccc(S(=O)(=O)NCCN(Cc2ccncc2)C(C)=O)cc1Cl. The first-order valence-electron chi connectivity index (χ1n) is 7.81. The van der Waals surface area contributed by atoms with E-state index in [1.54, 1.807) is 29.4 Å². The molecule has 7 nitrogen and oxygen atoms in total. The minimum Gasteiger partial charge on any atom is -0.495 e. The van der Waals surface area contributed by atoms with Crippen LogP contribution < -0.4 is 9.46 Å². The fraction of sp³-hybridized carbons (Fsp3) is 0.294. The summed E-state index contributed by atoms with van der Waals surface area (Å²) in [6.07, 6.45) is 3.29. The molecule has 0 saturated heterocycles. The third-order valence-electron chi connectivity index (χ3n) is 3.68. The summed E-state index contributed by atoms with van der Waals surface area (Å²) in [6, 6.07) is 7.83. The maximum absolute atomic E-state index is 12.4. The van der Waals surface area contributed by atoms with Crippen LogP contribution in [-0.4, -0.2) is 44.4 Å². The van der Waals surface area contributed by atoms with Gasteiger partial charge in [0.2, 0.25) is 15.9 Å². The molecular formula is C17H20ClN3O4S. The summed E-state index contributed by atoms with van der Waals surface area (Å²) in [4.78, 5) is 17.3. The van der Waals surface area contributed by atoms with E-state index in [0.29, 0.717) is 12.3 Å². The zero-order chi connectivity index (χ0) is 19.2. The van der Waals surface area contributed by atoms with Gasteiger partial charge >= 0.3 is 0 Å². The number of hydrogen-bond donors (Lipinski definition) is 1. The maximum Gasteiger partial charge on any atom is 0.240 e. The van der Waals surface area contributed by atoms with Gasteiger partial charge in [-0.05, 0) is 35.9 Å². The molecule has 0 unspecified atom stereocenters. The van der Waals surface area contributed by atoms with Crippen molar-refractivity contribution in [3.05, 3.63) is 53.3 Å². The Balaban J connectivity index is 1.99. The number of nitrogens with zero attached hydrogens (tertiary/aromatic N) is 2. The van der Waals surface area contributed by atoms with Crippen LogP contribution in [0.15, 0.2) is 47.6 Å². The molecule has 0 spiro atoms. The van der Waals surface area contributed by atoms with Gasteiger partial charge in [0.05, 0.1) is 17.0 Å². The first-order chi connectivity index (χ1) is 12.3. The molecule has 0 atom stereocenters. The second-order valence-electron chi connectivity index (χ2n) is 5.49. The maximum atomic E-state index is 12.4. The average molecular weight is 398 g/mol. The van der Waals surface area contributed by atoms with Crippen LogP contribution in [-0.2, 0) is 21.4 Å². The van der Waals surface area contributed by atoms with Crippen LogP contribution in [0.25, 0.3) is 0 Å². The number of halogens is 1. The van der Waals surface area contributed by atoms with Gasteiger partial charge in [0.25, 0.3) is 0 Å². The third kappa shape index (κ3) is 5.42. The fourth-order valence-electron chi connectivity index (χ4n) is 2.27. The van der Waals surface area contributed by atoms with Crippen molar-refractivity contribution in [2.75, 3.05) is 20.2 Å². The van der Waals surface area contributed by atoms with Crippen LogP contribution in [0.5, 0.6) is 5.75 Å². The van der Waals surface area contributed by atoms with E-state index in [1.807, 2.05) is 0 Å². The third-order valence-corrected chi connectivity index (χ3v) is 5.43. The molecule has 26 heavy (non-hydrogen) atoms. The predicted molar refractivity (Wildman–Crippen MR) is 98.5 cm³/mol. The molecule has 1 N–H and O–H groups in total. The van der Waals surface area contributed by atoms with Crippen LogP contribution in [0.1, 0.15) is 12.5 Å². The first kappa shape index (κ1) is 20.2. The number of hydrogen-bond acceptors (Lipinski definition) is 5. The minimum atomic E-state index is -3.74. The van der Waals surface area contributed by atoms with Gasteiger partial charge in [0.15, 0.2) is 0 Å². The highest BCUT2D eigenvalue weighted by Crippen LogP contribution is 2.26. The van der Waals surface area contributed by atoms with Gasteiger partial charge in [-0.1, -0.05) is 11.6 Å². The molecule has 1 amide bonds. The van der Waals surface area contributed by atoms with Gasteiger partial charge in [0.1, 0.15) is 5.75 Å². The lowest BCUT2D eigenvalue weighted by Gasteiger charge is -2.21. The standard InChI is InChI=1S/C17H20ClN3O4S/c1-13(22)21(12-14-5-7-19-8-6-14)10-9-20-26(23,24)15-3-4-17(25-2)16(18)11-15/h3-8,11,20H,9-10,12H2,1-2H3. The summed E-state index contributed by atoms with van der Waals surface area (Å²) in [5.41, 5.74) is 0.917. The van der Waals surface area contributed by atoms with Crippen molar-refractivity contribution >= 4 is 27.5 Å². The summed E-state index contributed by atoms with van der Waals surface area (Å²) in [5.74, 6) is 0.249. The molecule has 2 aromatic rings. The van der Waals surface area contributed by atoms with E-state index in [0.717, 1.165) is 5.56 Å². The number of carbonyl (C=O) groups excluding carboxylic acids is 1. The summed E-state index contributed by atoms with van der Waals surface area (Å²) in [7, 11) is -2.29.